The molecule has 100 valence electrons. The molecule has 0 aromatic heterocycles. The van der Waals surface area contributed by atoms with Crippen LogP contribution in [0.2, 0.25) is 0 Å². The molecule has 0 spiro atoms. The van der Waals surface area contributed by atoms with E-state index in [9.17, 15) is 0 Å². The summed E-state index contributed by atoms with van der Waals surface area (Å²) in [5.74, 6) is 0.992. The number of aliphatic hydroxyl groups excluding tert-OH is 2. The zero-order chi connectivity index (χ0) is 13.0. The highest BCUT2D eigenvalue weighted by molar-refractivity contribution is 5.35. The van der Waals surface area contributed by atoms with Crippen LogP contribution < -0.4 is 0 Å². The first kappa shape index (κ1) is 13.3. The third kappa shape index (κ3) is 2.66. The van der Waals surface area contributed by atoms with E-state index in [1.54, 1.807) is 0 Å². The van der Waals surface area contributed by atoms with Crippen LogP contribution in [0.1, 0.15) is 26.2 Å². The Balaban J connectivity index is 2.24. The molecule has 2 aliphatic carbocycles. The standard InChI is InChI=1S/C14H20O4/c1-2-10-3-4-11-12(7-10)14(18-9-16)6-5-13(11)17-8-15/h2,5-6,11,13,15-16H,3-4,7-9H2,1H3. The fourth-order valence-electron chi connectivity index (χ4n) is 2.75. The molecular formula is C14H20O4. The molecule has 0 heterocycles. The molecule has 2 atom stereocenters. The molecule has 2 rings (SSSR count). The van der Waals surface area contributed by atoms with E-state index in [1.807, 2.05) is 19.1 Å². The number of allylic oxidation sites excluding steroid dienone is 3. The van der Waals surface area contributed by atoms with Gasteiger partial charge in [0, 0.05) is 5.92 Å². The molecule has 0 saturated heterocycles. The SMILES string of the molecule is CC=C1CCC2C(=C(OCO)C=CC2OCO)C1. The number of hydrogen-bond acceptors (Lipinski definition) is 4. The molecule has 4 nitrogen and oxygen atoms in total. The summed E-state index contributed by atoms with van der Waals surface area (Å²) in [6, 6.07) is 0. The van der Waals surface area contributed by atoms with E-state index in [1.165, 1.54) is 11.1 Å². The number of rotatable bonds is 4. The van der Waals surface area contributed by atoms with Crippen LogP contribution in [-0.2, 0) is 9.47 Å². The van der Waals surface area contributed by atoms with Gasteiger partial charge in [-0.2, -0.15) is 0 Å². The topological polar surface area (TPSA) is 58.9 Å². The van der Waals surface area contributed by atoms with Gasteiger partial charge in [-0.25, -0.2) is 0 Å². The van der Waals surface area contributed by atoms with Crippen LogP contribution in [0.4, 0.5) is 0 Å². The zero-order valence-corrected chi connectivity index (χ0v) is 10.6. The van der Waals surface area contributed by atoms with Crippen LogP contribution in [0.15, 0.2) is 35.1 Å². The molecule has 0 aliphatic heterocycles. The van der Waals surface area contributed by atoms with Crippen LogP contribution in [0, 0.1) is 5.92 Å². The van der Waals surface area contributed by atoms with Gasteiger partial charge in [-0.1, -0.05) is 17.7 Å². The first-order valence-electron chi connectivity index (χ1n) is 6.31. The molecular weight excluding hydrogens is 232 g/mol. The van der Waals surface area contributed by atoms with Crippen LogP contribution in [0.3, 0.4) is 0 Å². The lowest BCUT2D eigenvalue weighted by molar-refractivity contribution is -0.0519. The maximum Gasteiger partial charge on any atom is 0.186 e. The van der Waals surface area contributed by atoms with Crippen molar-refractivity contribution >= 4 is 0 Å². The zero-order valence-electron chi connectivity index (χ0n) is 10.6. The van der Waals surface area contributed by atoms with Gasteiger partial charge in [-0.05, 0) is 37.8 Å². The van der Waals surface area contributed by atoms with Crippen molar-refractivity contribution in [2.45, 2.75) is 32.3 Å². The van der Waals surface area contributed by atoms with Gasteiger partial charge >= 0.3 is 0 Å². The Bertz CT molecular complexity index is 381. The molecule has 0 aromatic carbocycles. The second-order valence-corrected chi connectivity index (χ2v) is 4.55. The fourth-order valence-corrected chi connectivity index (χ4v) is 2.75. The van der Waals surface area contributed by atoms with Gasteiger partial charge in [0.15, 0.2) is 6.79 Å². The molecule has 2 unspecified atom stereocenters. The van der Waals surface area contributed by atoms with E-state index in [2.05, 4.69) is 6.08 Å². The predicted octanol–water partition coefficient (Wildman–Crippen LogP) is 1.86. The molecule has 0 bridgehead atoms. The van der Waals surface area contributed by atoms with Crippen LogP contribution in [0.25, 0.3) is 0 Å². The molecule has 1 saturated carbocycles. The van der Waals surface area contributed by atoms with E-state index < -0.39 is 0 Å². The van der Waals surface area contributed by atoms with E-state index in [0.29, 0.717) is 0 Å². The van der Waals surface area contributed by atoms with Crippen molar-refractivity contribution in [2.24, 2.45) is 5.92 Å². The minimum Gasteiger partial charge on any atom is -0.468 e. The number of aliphatic hydroxyl groups is 2. The Morgan fingerprint density at radius 1 is 1.39 bits per heavy atom. The minimum absolute atomic E-state index is 0.0885. The van der Waals surface area contributed by atoms with Crippen molar-refractivity contribution in [3.05, 3.63) is 35.1 Å². The third-order valence-corrected chi connectivity index (χ3v) is 3.69. The predicted molar refractivity (Wildman–Crippen MR) is 67.4 cm³/mol. The van der Waals surface area contributed by atoms with Crippen molar-refractivity contribution in [1.82, 2.24) is 0 Å². The Kier molecular flexibility index (Phi) is 4.58. The van der Waals surface area contributed by atoms with Gasteiger partial charge in [0.2, 0.25) is 0 Å². The summed E-state index contributed by atoms with van der Waals surface area (Å²) in [4.78, 5) is 0. The van der Waals surface area contributed by atoms with Crippen molar-refractivity contribution < 1.29 is 19.7 Å². The van der Waals surface area contributed by atoms with Gasteiger partial charge < -0.3 is 19.7 Å². The first-order chi connectivity index (χ1) is 8.80. The van der Waals surface area contributed by atoms with Gasteiger partial charge in [-0.3, -0.25) is 0 Å². The molecule has 18 heavy (non-hydrogen) atoms. The summed E-state index contributed by atoms with van der Waals surface area (Å²) in [5.41, 5.74) is 2.56. The quantitative estimate of drug-likeness (QED) is 0.592. The van der Waals surface area contributed by atoms with Crippen LogP contribution >= 0.6 is 0 Å². The summed E-state index contributed by atoms with van der Waals surface area (Å²) >= 11 is 0. The average Bonchev–Trinajstić information content (AvgIpc) is 2.41. The molecule has 1 fully saturated rings. The number of hydrogen-bond donors (Lipinski definition) is 2. The maximum atomic E-state index is 8.93. The Morgan fingerprint density at radius 2 is 2.22 bits per heavy atom. The second-order valence-electron chi connectivity index (χ2n) is 4.55. The highest BCUT2D eigenvalue weighted by Gasteiger charge is 2.33. The minimum atomic E-state index is -0.313. The first-order valence-corrected chi connectivity index (χ1v) is 6.31. The Morgan fingerprint density at radius 3 is 2.89 bits per heavy atom. The van der Waals surface area contributed by atoms with E-state index in [0.717, 1.165) is 25.0 Å². The van der Waals surface area contributed by atoms with Gasteiger partial charge in [0.1, 0.15) is 12.6 Å². The van der Waals surface area contributed by atoms with Gasteiger partial charge in [-0.15, -0.1) is 0 Å². The van der Waals surface area contributed by atoms with Gasteiger partial charge in [0.25, 0.3) is 0 Å². The highest BCUT2D eigenvalue weighted by atomic mass is 16.6. The lowest BCUT2D eigenvalue weighted by atomic mass is 9.75. The Hall–Kier alpha value is -1.10. The summed E-state index contributed by atoms with van der Waals surface area (Å²) < 4.78 is 10.6. The molecule has 0 aromatic rings. The lowest BCUT2D eigenvalue weighted by Gasteiger charge is -2.35. The van der Waals surface area contributed by atoms with Crippen molar-refractivity contribution in [2.75, 3.05) is 13.6 Å². The largest absolute Gasteiger partial charge is 0.468 e. The van der Waals surface area contributed by atoms with Crippen molar-refractivity contribution in [1.29, 1.82) is 0 Å². The molecule has 2 N–H and O–H groups in total. The maximum absolute atomic E-state index is 8.93. The van der Waals surface area contributed by atoms with Crippen LogP contribution in [-0.4, -0.2) is 29.9 Å². The third-order valence-electron chi connectivity index (χ3n) is 3.69. The van der Waals surface area contributed by atoms with Crippen molar-refractivity contribution in [3.8, 4) is 0 Å². The number of ether oxygens (including phenoxy) is 2. The molecule has 0 radical (unpaired) electrons. The van der Waals surface area contributed by atoms with Crippen LogP contribution in [0.5, 0.6) is 0 Å². The smallest absolute Gasteiger partial charge is 0.186 e. The summed E-state index contributed by atoms with van der Waals surface area (Å²) in [7, 11) is 0. The lowest BCUT2D eigenvalue weighted by Crippen LogP contribution is -2.30. The normalized spacial score (nSPS) is 29.6. The van der Waals surface area contributed by atoms with E-state index in [-0.39, 0.29) is 25.6 Å². The molecule has 2 aliphatic rings. The summed E-state index contributed by atoms with van der Waals surface area (Å²) in [6.07, 6.45) is 8.69. The summed E-state index contributed by atoms with van der Waals surface area (Å²) in [6.45, 7) is 1.46. The van der Waals surface area contributed by atoms with E-state index in [4.69, 9.17) is 19.7 Å². The average molecular weight is 252 g/mol. The number of fused-ring (bicyclic) bond motifs is 1. The molecule has 4 heteroatoms. The van der Waals surface area contributed by atoms with E-state index >= 15 is 0 Å². The molecule has 0 amide bonds. The monoisotopic (exact) mass is 252 g/mol. The van der Waals surface area contributed by atoms with Gasteiger partial charge in [0.05, 0.1) is 6.10 Å². The van der Waals surface area contributed by atoms with Crippen molar-refractivity contribution in [3.63, 3.8) is 0 Å². The highest BCUT2D eigenvalue weighted by Crippen LogP contribution is 2.41. The summed E-state index contributed by atoms with van der Waals surface area (Å²) in [5, 5.41) is 17.8. The Labute approximate surface area is 107 Å². The second kappa shape index (κ2) is 6.18. The fraction of sp³-hybridized carbons (Fsp3) is 0.571.